The fourth-order valence-corrected chi connectivity index (χ4v) is 2.38. The molecular weight excluding hydrogens is 234 g/mol. The first-order valence-electron chi connectivity index (χ1n) is 6.91. The number of benzene rings is 1. The van der Waals surface area contributed by atoms with E-state index < -0.39 is 0 Å². The van der Waals surface area contributed by atoms with Gasteiger partial charge in [0, 0.05) is 5.69 Å². The molecule has 2 rings (SSSR count). The van der Waals surface area contributed by atoms with E-state index in [-0.39, 0.29) is 0 Å². The van der Waals surface area contributed by atoms with E-state index in [1.165, 1.54) is 16.8 Å². The third-order valence-electron chi connectivity index (χ3n) is 3.60. The van der Waals surface area contributed by atoms with Gasteiger partial charge in [-0.25, -0.2) is 0 Å². The van der Waals surface area contributed by atoms with Crippen molar-refractivity contribution in [2.45, 2.75) is 39.8 Å². The molecule has 1 aromatic heterocycles. The molecule has 0 saturated heterocycles. The summed E-state index contributed by atoms with van der Waals surface area (Å²) < 4.78 is 2.07. The van der Waals surface area contributed by atoms with Crippen LogP contribution in [-0.4, -0.2) is 16.8 Å². The zero-order valence-corrected chi connectivity index (χ0v) is 12.3. The van der Waals surface area contributed by atoms with E-state index in [0.29, 0.717) is 6.04 Å². The Hall–Kier alpha value is -1.61. The zero-order chi connectivity index (χ0) is 13.8. The van der Waals surface area contributed by atoms with Crippen molar-refractivity contribution in [3.05, 3.63) is 52.8 Å². The van der Waals surface area contributed by atoms with Crippen molar-refractivity contribution in [2.24, 2.45) is 0 Å². The predicted molar refractivity (Wildman–Crippen MR) is 79.3 cm³/mol. The summed E-state index contributed by atoms with van der Waals surface area (Å²) in [5.41, 5.74) is 4.98. The first-order valence-corrected chi connectivity index (χ1v) is 6.91. The quantitative estimate of drug-likeness (QED) is 0.892. The third kappa shape index (κ3) is 3.24. The van der Waals surface area contributed by atoms with Crippen molar-refractivity contribution in [3.8, 4) is 0 Å². The largest absolute Gasteiger partial charge is 0.311 e. The highest BCUT2D eigenvalue weighted by Gasteiger charge is 2.12. The van der Waals surface area contributed by atoms with Crippen LogP contribution in [0.5, 0.6) is 0 Å². The van der Waals surface area contributed by atoms with Crippen molar-refractivity contribution < 1.29 is 0 Å². The van der Waals surface area contributed by atoms with Gasteiger partial charge in [-0.1, -0.05) is 31.2 Å². The minimum atomic E-state index is 0.295. The fourth-order valence-electron chi connectivity index (χ4n) is 2.38. The smallest absolute Gasteiger partial charge is 0.0607 e. The fraction of sp³-hybridized carbons (Fsp3) is 0.438. The lowest BCUT2D eigenvalue weighted by Crippen LogP contribution is -2.23. The summed E-state index contributed by atoms with van der Waals surface area (Å²) in [5, 5.41) is 7.91. The summed E-state index contributed by atoms with van der Waals surface area (Å²) in [6.07, 6.45) is 1.09. The molecule has 0 amide bonds. The Bertz CT molecular complexity index is 525. The second kappa shape index (κ2) is 6.02. The SMILES string of the molecule is CCc1ccc(C(Cn2nc(C)cc2C)NC)cc1. The highest BCUT2D eigenvalue weighted by molar-refractivity contribution is 5.25. The van der Waals surface area contributed by atoms with Gasteiger partial charge in [-0.2, -0.15) is 5.10 Å². The summed E-state index contributed by atoms with van der Waals surface area (Å²) >= 11 is 0. The topological polar surface area (TPSA) is 29.9 Å². The molecule has 0 radical (unpaired) electrons. The number of aromatic nitrogens is 2. The van der Waals surface area contributed by atoms with Crippen molar-refractivity contribution in [1.82, 2.24) is 15.1 Å². The highest BCUT2D eigenvalue weighted by Crippen LogP contribution is 2.17. The van der Waals surface area contributed by atoms with Crippen molar-refractivity contribution in [1.29, 1.82) is 0 Å². The first-order chi connectivity index (χ1) is 9.13. The molecular formula is C16H23N3. The molecule has 0 aliphatic rings. The number of hydrogen-bond donors (Lipinski definition) is 1. The molecule has 1 N–H and O–H groups in total. The number of nitrogens with zero attached hydrogens (tertiary/aromatic N) is 2. The van der Waals surface area contributed by atoms with Crippen LogP contribution in [0.2, 0.25) is 0 Å². The summed E-state index contributed by atoms with van der Waals surface area (Å²) in [4.78, 5) is 0. The van der Waals surface area contributed by atoms with E-state index in [0.717, 1.165) is 18.7 Å². The molecule has 3 heteroatoms. The molecule has 2 aromatic rings. The molecule has 0 saturated carbocycles. The van der Waals surface area contributed by atoms with E-state index in [1.807, 2.05) is 14.0 Å². The van der Waals surface area contributed by atoms with E-state index in [9.17, 15) is 0 Å². The van der Waals surface area contributed by atoms with E-state index in [2.05, 4.69) is 59.3 Å². The van der Waals surface area contributed by atoms with Crippen LogP contribution < -0.4 is 5.32 Å². The lowest BCUT2D eigenvalue weighted by atomic mass is 10.0. The Balaban J connectivity index is 2.17. The molecule has 0 bridgehead atoms. The Labute approximate surface area is 115 Å². The molecule has 0 spiro atoms. The van der Waals surface area contributed by atoms with Crippen molar-refractivity contribution in [2.75, 3.05) is 7.05 Å². The molecule has 1 unspecified atom stereocenters. The molecule has 19 heavy (non-hydrogen) atoms. The average Bonchev–Trinajstić information content (AvgIpc) is 2.74. The standard InChI is InChI=1S/C16H23N3/c1-5-14-6-8-15(9-7-14)16(17-4)11-19-13(3)10-12(2)18-19/h6-10,16-17H,5,11H2,1-4H3. The van der Waals surface area contributed by atoms with Gasteiger partial charge >= 0.3 is 0 Å². The van der Waals surface area contributed by atoms with Gasteiger partial charge < -0.3 is 5.32 Å². The number of likely N-dealkylation sites (N-methyl/N-ethyl adjacent to an activating group) is 1. The van der Waals surface area contributed by atoms with Gasteiger partial charge in [-0.15, -0.1) is 0 Å². The molecule has 1 aromatic carbocycles. The van der Waals surface area contributed by atoms with Crippen LogP contribution in [0.15, 0.2) is 30.3 Å². The number of aryl methyl sites for hydroxylation is 3. The normalized spacial score (nSPS) is 12.6. The monoisotopic (exact) mass is 257 g/mol. The minimum Gasteiger partial charge on any atom is -0.311 e. The summed E-state index contributed by atoms with van der Waals surface area (Å²) in [5.74, 6) is 0. The van der Waals surface area contributed by atoms with Crippen LogP contribution in [0, 0.1) is 13.8 Å². The number of nitrogens with one attached hydrogen (secondary N) is 1. The first kappa shape index (κ1) is 13.8. The van der Waals surface area contributed by atoms with Crippen LogP contribution in [0.25, 0.3) is 0 Å². The van der Waals surface area contributed by atoms with Gasteiger partial charge in [0.2, 0.25) is 0 Å². The maximum absolute atomic E-state index is 4.53. The van der Waals surface area contributed by atoms with Crippen LogP contribution >= 0.6 is 0 Å². The van der Waals surface area contributed by atoms with Gasteiger partial charge in [0.25, 0.3) is 0 Å². The molecule has 1 heterocycles. The van der Waals surface area contributed by atoms with Crippen LogP contribution in [0.1, 0.15) is 35.5 Å². The molecule has 0 fully saturated rings. The second-order valence-electron chi connectivity index (χ2n) is 5.05. The molecule has 0 aliphatic heterocycles. The van der Waals surface area contributed by atoms with Gasteiger partial charge in [0.15, 0.2) is 0 Å². The summed E-state index contributed by atoms with van der Waals surface area (Å²) in [6.45, 7) is 7.18. The van der Waals surface area contributed by atoms with E-state index in [1.54, 1.807) is 0 Å². The third-order valence-corrected chi connectivity index (χ3v) is 3.60. The van der Waals surface area contributed by atoms with Crippen molar-refractivity contribution >= 4 is 0 Å². The molecule has 1 atom stereocenters. The Morgan fingerprint density at radius 3 is 2.37 bits per heavy atom. The van der Waals surface area contributed by atoms with Crippen LogP contribution in [0.4, 0.5) is 0 Å². The minimum absolute atomic E-state index is 0.295. The lowest BCUT2D eigenvalue weighted by Gasteiger charge is -2.18. The Kier molecular flexibility index (Phi) is 4.38. The van der Waals surface area contributed by atoms with Crippen LogP contribution in [0.3, 0.4) is 0 Å². The van der Waals surface area contributed by atoms with Gasteiger partial charge in [0.1, 0.15) is 0 Å². The molecule has 102 valence electrons. The Morgan fingerprint density at radius 2 is 1.89 bits per heavy atom. The van der Waals surface area contributed by atoms with Crippen LogP contribution in [-0.2, 0) is 13.0 Å². The Morgan fingerprint density at radius 1 is 1.21 bits per heavy atom. The zero-order valence-electron chi connectivity index (χ0n) is 12.3. The lowest BCUT2D eigenvalue weighted by molar-refractivity contribution is 0.460. The summed E-state index contributed by atoms with van der Waals surface area (Å²) in [6, 6.07) is 11.3. The van der Waals surface area contributed by atoms with Crippen molar-refractivity contribution in [3.63, 3.8) is 0 Å². The maximum atomic E-state index is 4.53. The summed E-state index contributed by atoms with van der Waals surface area (Å²) in [7, 11) is 2.00. The van der Waals surface area contributed by atoms with Gasteiger partial charge in [0.05, 0.1) is 18.3 Å². The predicted octanol–water partition coefficient (Wildman–Crippen LogP) is 3.02. The number of rotatable bonds is 5. The van der Waals surface area contributed by atoms with Gasteiger partial charge in [-0.05, 0) is 44.5 Å². The van der Waals surface area contributed by atoms with Gasteiger partial charge in [-0.3, -0.25) is 4.68 Å². The molecule has 0 aliphatic carbocycles. The maximum Gasteiger partial charge on any atom is 0.0607 e. The second-order valence-corrected chi connectivity index (χ2v) is 5.05. The van der Waals surface area contributed by atoms with E-state index in [4.69, 9.17) is 0 Å². The van der Waals surface area contributed by atoms with E-state index >= 15 is 0 Å². The number of hydrogen-bond acceptors (Lipinski definition) is 2. The highest BCUT2D eigenvalue weighted by atomic mass is 15.3. The molecule has 3 nitrogen and oxygen atoms in total. The average molecular weight is 257 g/mol.